The van der Waals surface area contributed by atoms with Gasteiger partial charge in [0.25, 0.3) is 0 Å². The highest BCUT2D eigenvalue weighted by Gasteiger charge is 2.20. The van der Waals surface area contributed by atoms with Gasteiger partial charge in [0.2, 0.25) is 0 Å². The van der Waals surface area contributed by atoms with Gasteiger partial charge in [-0.3, -0.25) is 4.90 Å². The average molecular weight is 287 g/mol. The van der Waals surface area contributed by atoms with Gasteiger partial charge in [-0.2, -0.15) is 0 Å². The minimum atomic E-state index is -0.132. The molecule has 16 heavy (non-hydrogen) atoms. The molecule has 1 saturated heterocycles. The minimum absolute atomic E-state index is 0.132. The van der Waals surface area contributed by atoms with Crippen LogP contribution in [0.4, 0.5) is 4.39 Å². The van der Waals surface area contributed by atoms with Crippen LogP contribution in [0.5, 0.6) is 0 Å². The number of nitrogens with one attached hydrogen (secondary N) is 1. The monoisotopic (exact) mass is 286 g/mol. The molecule has 1 atom stereocenters. The van der Waals surface area contributed by atoms with Crippen LogP contribution in [0.25, 0.3) is 0 Å². The zero-order valence-electron chi connectivity index (χ0n) is 9.34. The Labute approximate surface area is 104 Å². The van der Waals surface area contributed by atoms with E-state index >= 15 is 0 Å². The maximum atomic E-state index is 13.6. The molecule has 1 N–H and O–H groups in total. The molecule has 1 heterocycles. The van der Waals surface area contributed by atoms with Crippen molar-refractivity contribution in [1.82, 2.24) is 10.2 Å². The zero-order chi connectivity index (χ0) is 11.5. The highest BCUT2D eigenvalue weighted by molar-refractivity contribution is 9.10. The molecular formula is C12H16BrFN2. The summed E-state index contributed by atoms with van der Waals surface area (Å²) in [6, 6.07) is 5.64. The first-order chi connectivity index (χ1) is 7.68. The molecule has 2 nitrogen and oxygen atoms in total. The number of rotatable bonds is 3. The molecule has 0 aliphatic carbocycles. The van der Waals surface area contributed by atoms with Crippen molar-refractivity contribution >= 4 is 15.9 Å². The van der Waals surface area contributed by atoms with Crippen LogP contribution >= 0.6 is 15.9 Å². The summed E-state index contributed by atoms with van der Waals surface area (Å²) in [5.41, 5.74) is 0.747. The molecule has 4 heteroatoms. The van der Waals surface area contributed by atoms with Crippen LogP contribution < -0.4 is 5.32 Å². The van der Waals surface area contributed by atoms with Gasteiger partial charge < -0.3 is 5.32 Å². The molecule has 1 aliphatic rings. The summed E-state index contributed by atoms with van der Waals surface area (Å²) in [5.74, 6) is -0.132. The lowest BCUT2D eigenvalue weighted by molar-refractivity contribution is 0.245. The second-order valence-corrected chi connectivity index (χ2v) is 5.12. The molecule has 1 fully saturated rings. The van der Waals surface area contributed by atoms with E-state index in [1.165, 1.54) is 6.07 Å². The second-order valence-electron chi connectivity index (χ2n) is 4.26. The largest absolute Gasteiger partial charge is 0.315 e. The third kappa shape index (κ3) is 2.62. The molecule has 1 aliphatic heterocycles. The lowest BCUT2D eigenvalue weighted by Gasteiger charge is -2.24. The summed E-state index contributed by atoms with van der Waals surface area (Å²) in [5, 5.41) is 3.32. The zero-order valence-corrected chi connectivity index (χ0v) is 10.9. The molecular weight excluding hydrogens is 271 g/mol. The van der Waals surface area contributed by atoms with Crippen LogP contribution in [-0.4, -0.2) is 31.1 Å². The van der Waals surface area contributed by atoms with Gasteiger partial charge >= 0.3 is 0 Å². The van der Waals surface area contributed by atoms with Crippen molar-refractivity contribution in [3.63, 3.8) is 0 Å². The van der Waals surface area contributed by atoms with Gasteiger partial charge in [0, 0.05) is 29.2 Å². The SMILES string of the molecule is CN(Cc1c(F)cccc1Br)C1CCNC1. The molecule has 1 aromatic rings. The highest BCUT2D eigenvalue weighted by Crippen LogP contribution is 2.22. The molecule has 0 bridgehead atoms. The van der Waals surface area contributed by atoms with Crippen LogP contribution in [0, 0.1) is 5.82 Å². The van der Waals surface area contributed by atoms with Gasteiger partial charge in [0.05, 0.1) is 0 Å². The fourth-order valence-corrected chi connectivity index (χ4v) is 2.54. The number of likely N-dealkylation sites (N-methyl/N-ethyl adjacent to an activating group) is 1. The first-order valence-corrected chi connectivity index (χ1v) is 6.31. The summed E-state index contributed by atoms with van der Waals surface area (Å²) in [6.45, 7) is 2.72. The first kappa shape index (κ1) is 12.0. The Morgan fingerprint density at radius 3 is 3.00 bits per heavy atom. The molecule has 0 spiro atoms. The van der Waals surface area contributed by atoms with Crippen molar-refractivity contribution in [3.05, 3.63) is 34.1 Å². The van der Waals surface area contributed by atoms with E-state index in [4.69, 9.17) is 0 Å². The third-order valence-corrected chi connectivity index (χ3v) is 3.87. The highest BCUT2D eigenvalue weighted by atomic mass is 79.9. The van der Waals surface area contributed by atoms with E-state index < -0.39 is 0 Å². The van der Waals surface area contributed by atoms with Crippen LogP contribution in [0.3, 0.4) is 0 Å². The van der Waals surface area contributed by atoms with Crippen molar-refractivity contribution < 1.29 is 4.39 Å². The minimum Gasteiger partial charge on any atom is -0.315 e. The van der Waals surface area contributed by atoms with E-state index in [1.54, 1.807) is 6.07 Å². The lowest BCUT2D eigenvalue weighted by atomic mass is 10.1. The number of halogens is 2. The fourth-order valence-electron chi connectivity index (χ4n) is 2.08. The summed E-state index contributed by atoms with van der Waals surface area (Å²) < 4.78 is 14.5. The molecule has 0 amide bonds. The molecule has 88 valence electrons. The molecule has 0 aromatic heterocycles. The van der Waals surface area contributed by atoms with Gasteiger partial charge in [-0.25, -0.2) is 4.39 Å². The molecule has 0 radical (unpaired) electrons. The van der Waals surface area contributed by atoms with Crippen LogP contribution in [0.15, 0.2) is 22.7 Å². The Balaban J connectivity index is 2.07. The van der Waals surface area contributed by atoms with E-state index in [0.717, 1.165) is 29.5 Å². The predicted octanol–water partition coefficient (Wildman–Crippen LogP) is 2.38. The van der Waals surface area contributed by atoms with Crippen molar-refractivity contribution in [2.24, 2.45) is 0 Å². The quantitative estimate of drug-likeness (QED) is 0.918. The number of benzene rings is 1. The predicted molar refractivity (Wildman–Crippen MR) is 66.8 cm³/mol. The summed E-state index contributed by atoms with van der Waals surface area (Å²) in [7, 11) is 2.05. The van der Waals surface area contributed by atoms with Gasteiger partial charge in [-0.15, -0.1) is 0 Å². The van der Waals surface area contributed by atoms with Crippen molar-refractivity contribution in [2.75, 3.05) is 20.1 Å². The third-order valence-electron chi connectivity index (χ3n) is 3.13. The second kappa shape index (κ2) is 5.25. The normalized spacial score (nSPS) is 20.6. The number of nitrogens with zero attached hydrogens (tertiary/aromatic N) is 1. The van der Waals surface area contributed by atoms with E-state index in [1.807, 2.05) is 6.07 Å². The number of hydrogen-bond donors (Lipinski definition) is 1. The Morgan fingerprint density at radius 1 is 1.56 bits per heavy atom. The van der Waals surface area contributed by atoms with E-state index in [0.29, 0.717) is 12.6 Å². The summed E-state index contributed by atoms with van der Waals surface area (Å²) in [6.07, 6.45) is 1.14. The Hall–Kier alpha value is -0.450. The molecule has 2 rings (SSSR count). The van der Waals surface area contributed by atoms with E-state index in [-0.39, 0.29) is 5.82 Å². The summed E-state index contributed by atoms with van der Waals surface area (Å²) in [4.78, 5) is 2.21. The number of hydrogen-bond acceptors (Lipinski definition) is 2. The van der Waals surface area contributed by atoms with Gasteiger partial charge in [0.1, 0.15) is 5.82 Å². The maximum absolute atomic E-state index is 13.6. The Kier molecular flexibility index (Phi) is 3.95. The van der Waals surface area contributed by atoms with Crippen molar-refractivity contribution in [3.8, 4) is 0 Å². The molecule has 1 aromatic carbocycles. The summed E-state index contributed by atoms with van der Waals surface area (Å²) >= 11 is 3.40. The fraction of sp³-hybridized carbons (Fsp3) is 0.500. The molecule has 0 saturated carbocycles. The first-order valence-electron chi connectivity index (χ1n) is 5.52. The lowest BCUT2D eigenvalue weighted by Crippen LogP contribution is -2.33. The van der Waals surface area contributed by atoms with Crippen molar-refractivity contribution in [2.45, 2.75) is 19.0 Å². The van der Waals surface area contributed by atoms with E-state index in [2.05, 4.69) is 33.2 Å². The van der Waals surface area contributed by atoms with E-state index in [9.17, 15) is 4.39 Å². The average Bonchev–Trinajstić information content (AvgIpc) is 2.76. The topological polar surface area (TPSA) is 15.3 Å². The Morgan fingerprint density at radius 2 is 2.38 bits per heavy atom. The standard InChI is InChI=1S/C12H16BrFN2/c1-16(9-5-6-15-7-9)8-10-11(13)3-2-4-12(10)14/h2-4,9,15H,5-8H2,1H3. The maximum Gasteiger partial charge on any atom is 0.128 e. The van der Waals surface area contributed by atoms with Crippen molar-refractivity contribution in [1.29, 1.82) is 0 Å². The molecule has 1 unspecified atom stereocenters. The van der Waals surface area contributed by atoms with Crippen LogP contribution in [0.2, 0.25) is 0 Å². The van der Waals surface area contributed by atoms with Crippen LogP contribution in [0.1, 0.15) is 12.0 Å². The van der Waals surface area contributed by atoms with Crippen LogP contribution in [-0.2, 0) is 6.54 Å². The smallest absolute Gasteiger partial charge is 0.128 e. The van der Waals surface area contributed by atoms with Gasteiger partial charge in [0.15, 0.2) is 0 Å². The van der Waals surface area contributed by atoms with Gasteiger partial charge in [-0.05, 0) is 32.1 Å². The Bertz CT molecular complexity index is 344. The van der Waals surface area contributed by atoms with Gasteiger partial charge in [-0.1, -0.05) is 22.0 Å².